The SMILES string of the molecule is CCOCCCN(CC(C)C(=O)O)C(=O)c1nccc2ccccc12. The fourth-order valence-electron chi connectivity index (χ4n) is 2.63. The van der Waals surface area contributed by atoms with Crippen LogP contribution < -0.4 is 0 Å². The van der Waals surface area contributed by atoms with Crippen LogP contribution in [-0.4, -0.2) is 53.2 Å². The third kappa shape index (κ3) is 5.00. The highest BCUT2D eigenvalue weighted by Gasteiger charge is 2.23. The van der Waals surface area contributed by atoms with Gasteiger partial charge in [0.05, 0.1) is 5.92 Å². The summed E-state index contributed by atoms with van der Waals surface area (Å²) in [7, 11) is 0. The standard InChI is InChI=1S/C19H24N2O4/c1-3-25-12-6-11-21(13-14(2)19(23)24)18(22)17-16-8-5-4-7-15(16)9-10-20-17/h4-5,7-10,14H,3,6,11-13H2,1-2H3,(H,23,24). The molecule has 2 rings (SSSR count). The van der Waals surface area contributed by atoms with Crippen LogP contribution in [0.5, 0.6) is 0 Å². The lowest BCUT2D eigenvalue weighted by molar-refractivity contribution is -0.141. The maximum Gasteiger partial charge on any atom is 0.308 e. The second-order valence-corrected chi connectivity index (χ2v) is 5.92. The number of ether oxygens (including phenoxy) is 1. The summed E-state index contributed by atoms with van der Waals surface area (Å²) in [5.74, 6) is -1.82. The van der Waals surface area contributed by atoms with E-state index in [2.05, 4.69) is 4.98 Å². The smallest absolute Gasteiger partial charge is 0.308 e. The Morgan fingerprint density at radius 3 is 2.76 bits per heavy atom. The molecule has 0 fully saturated rings. The maximum atomic E-state index is 13.0. The summed E-state index contributed by atoms with van der Waals surface area (Å²) in [6, 6.07) is 9.40. The number of fused-ring (bicyclic) bond motifs is 1. The van der Waals surface area contributed by atoms with Crippen molar-refractivity contribution in [3.05, 3.63) is 42.2 Å². The molecule has 134 valence electrons. The van der Waals surface area contributed by atoms with Crippen LogP contribution in [0.4, 0.5) is 0 Å². The molecule has 0 saturated carbocycles. The summed E-state index contributed by atoms with van der Waals surface area (Å²) in [6.07, 6.45) is 2.26. The number of carboxylic acids is 1. The number of pyridine rings is 1. The van der Waals surface area contributed by atoms with Crippen molar-refractivity contribution in [2.24, 2.45) is 5.92 Å². The van der Waals surface area contributed by atoms with Crippen LogP contribution in [0, 0.1) is 5.92 Å². The van der Waals surface area contributed by atoms with E-state index in [0.717, 1.165) is 10.8 Å². The van der Waals surface area contributed by atoms with Crippen LogP contribution in [0.1, 0.15) is 30.8 Å². The summed E-state index contributed by atoms with van der Waals surface area (Å²) in [5.41, 5.74) is 0.354. The monoisotopic (exact) mass is 344 g/mol. The van der Waals surface area contributed by atoms with E-state index in [1.807, 2.05) is 37.3 Å². The molecular weight excluding hydrogens is 320 g/mol. The van der Waals surface area contributed by atoms with Gasteiger partial charge >= 0.3 is 5.97 Å². The van der Waals surface area contributed by atoms with Crippen LogP contribution in [0.3, 0.4) is 0 Å². The minimum Gasteiger partial charge on any atom is -0.481 e. The van der Waals surface area contributed by atoms with Crippen molar-refractivity contribution >= 4 is 22.6 Å². The average Bonchev–Trinajstić information content (AvgIpc) is 2.63. The first-order chi connectivity index (χ1) is 12.0. The molecule has 2 aromatic rings. The zero-order valence-corrected chi connectivity index (χ0v) is 14.6. The van der Waals surface area contributed by atoms with E-state index in [1.165, 1.54) is 0 Å². The van der Waals surface area contributed by atoms with E-state index >= 15 is 0 Å². The maximum absolute atomic E-state index is 13.0. The first-order valence-electron chi connectivity index (χ1n) is 8.48. The molecule has 1 N–H and O–H groups in total. The van der Waals surface area contributed by atoms with Gasteiger partial charge in [-0.15, -0.1) is 0 Å². The van der Waals surface area contributed by atoms with E-state index in [-0.39, 0.29) is 12.5 Å². The van der Waals surface area contributed by atoms with Crippen LogP contribution in [0.25, 0.3) is 10.8 Å². The highest BCUT2D eigenvalue weighted by molar-refractivity contribution is 6.05. The predicted octanol–water partition coefficient (Wildman–Crippen LogP) is 2.82. The molecule has 0 saturated heterocycles. The number of hydrogen-bond acceptors (Lipinski definition) is 4. The van der Waals surface area contributed by atoms with Gasteiger partial charge in [0, 0.05) is 37.9 Å². The summed E-state index contributed by atoms with van der Waals surface area (Å²) in [6.45, 7) is 5.23. The number of hydrogen-bond donors (Lipinski definition) is 1. The van der Waals surface area contributed by atoms with Crippen LogP contribution in [0.2, 0.25) is 0 Å². The van der Waals surface area contributed by atoms with Gasteiger partial charge < -0.3 is 14.7 Å². The van der Waals surface area contributed by atoms with E-state index < -0.39 is 11.9 Å². The molecule has 0 aliphatic heterocycles. The number of carboxylic acid groups (broad SMARTS) is 1. The molecule has 25 heavy (non-hydrogen) atoms. The van der Waals surface area contributed by atoms with Crippen molar-refractivity contribution in [3.8, 4) is 0 Å². The van der Waals surface area contributed by atoms with Gasteiger partial charge in [-0.3, -0.25) is 14.6 Å². The number of aliphatic carboxylic acids is 1. The van der Waals surface area contributed by atoms with Gasteiger partial charge in [-0.25, -0.2) is 0 Å². The topological polar surface area (TPSA) is 79.7 Å². The summed E-state index contributed by atoms with van der Waals surface area (Å²) in [5, 5.41) is 10.9. The molecule has 1 aromatic heterocycles. The molecule has 1 heterocycles. The Balaban J connectivity index is 2.24. The molecule has 0 bridgehead atoms. The Bertz CT molecular complexity index is 727. The highest BCUT2D eigenvalue weighted by Crippen LogP contribution is 2.18. The summed E-state index contributed by atoms with van der Waals surface area (Å²) < 4.78 is 5.32. The fourth-order valence-corrected chi connectivity index (χ4v) is 2.63. The number of nitrogens with zero attached hydrogens (tertiary/aromatic N) is 2. The van der Waals surface area contributed by atoms with Crippen LogP contribution >= 0.6 is 0 Å². The molecule has 0 aliphatic carbocycles. The van der Waals surface area contributed by atoms with E-state index in [4.69, 9.17) is 4.74 Å². The number of benzene rings is 1. The molecular formula is C19H24N2O4. The number of amides is 1. The normalized spacial score (nSPS) is 12.1. The molecule has 6 nitrogen and oxygen atoms in total. The van der Waals surface area contributed by atoms with Gasteiger partial charge in [0.25, 0.3) is 5.91 Å². The molecule has 0 radical (unpaired) electrons. The minimum atomic E-state index is -0.923. The number of rotatable bonds is 9. The van der Waals surface area contributed by atoms with Crippen molar-refractivity contribution in [2.75, 3.05) is 26.3 Å². The Hall–Kier alpha value is -2.47. The Kier molecular flexibility index (Phi) is 6.89. The first-order valence-corrected chi connectivity index (χ1v) is 8.48. The van der Waals surface area contributed by atoms with Crippen molar-refractivity contribution < 1.29 is 19.4 Å². The lowest BCUT2D eigenvalue weighted by atomic mass is 10.1. The quantitative estimate of drug-likeness (QED) is 0.708. The number of carbonyl (C=O) groups is 2. The fraction of sp³-hybridized carbons (Fsp3) is 0.421. The zero-order chi connectivity index (χ0) is 18.2. The highest BCUT2D eigenvalue weighted by atomic mass is 16.5. The van der Waals surface area contributed by atoms with Crippen molar-refractivity contribution in [2.45, 2.75) is 20.3 Å². The van der Waals surface area contributed by atoms with Gasteiger partial charge in [-0.05, 0) is 24.8 Å². The second-order valence-electron chi connectivity index (χ2n) is 5.92. The van der Waals surface area contributed by atoms with E-state index in [1.54, 1.807) is 18.0 Å². The summed E-state index contributed by atoms with van der Waals surface area (Å²) in [4.78, 5) is 30.0. The second kappa shape index (κ2) is 9.13. The molecule has 6 heteroatoms. The number of carbonyl (C=O) groups excluding carboxylic acids is 1. The molecule has 1 amide bonds. The van der Waals surface area contributed by atoms with Crippen LogP contribution in [0.15, 0.2) is 36.5 Å². The summed E-state index contributed by atoms with van der Waals surface area (Å²) >= 11 is 0. The largest absolute Gasteiger partial charge is 0.481 e. The van der Waals surface area contributed by atoms with E-state index in [9.17, 15) is 14.7 Å². The molecule has 0 aliphatic rings. The van der Waals surface area contributed by atoms with Gasteiger partial charge in [0.15, 0.2) is 0 Å². The zero-order valence-electron chi connectivity index (χ0n) is 14.6. The van der Waals surface area contributed by atoms with Crippen molar-refractivity contribution in [1.82, 2.24) is 9.88 Å². The van der Waals surface area contributed by atoms with Gasteiger partial charge in [-0.2, -0.15) is 0 Å². The third-order valence-electron chi connectivity index (χ3n) is 4.00. The number of aromatic nitrogens is 1. The van der Waals surface area contributed by atoms with Gasteiger partial charge in [0.2, 0.25) is 0 Å². The van der Waals surface area contributed by atoms with Crippen LogP contribution in [-0.2, 0) is 9.53 Å². The Labute approximate surface area is 147 Å². The van der Waals surface area contributed by atoms with E-state index in [0.29, 0.717) is 31.9 Å². The molecule has 0 spiro atoms. The van der Waals surface area contributed by atoms with Crippen molar-refractivity contribution in [1.29, 1.82) is 0 Å². The first kappa shape index (κ1) is 18.9. The Morgan fingerprint density at radius 2 is 2.04 bits per heavy atom. The molecule has 1 aromatic carbocycles. The lowest BCUT2D eigenvalue weighted by Gasteiger charge is -2.24. The lowest BCUT2D eigenvalue weighted by Crippen LogP contribution is -2.38. The predicted molar refractivity (Wildman–Crippen MR) is 95.6 cm³/mol. The third-order valence-corrected chi connectivity index (χ3v) is 4.00. The molecule has 1 unspecified atom stereocenters. The Morgan fingerprint density at radius 1 is 1.28 bits per heavy atom. The average molecular weight is 344 g/mol. The minimum absolute atomic E-state index is 0.144. The van der Waals surface area contributed by atoms with Crippen molar-refractivity contribution in [3.63, 3.8) is 0 Å². The molecule has 1 atom stereocenters. The van der Waals surface area contributed by atoms with Gasteiger partial charge in [-0.1, -0.05) is 31.2 Å². The van der Waals surface area contributed by atoms with Gasteiger partial charge in [0.1, 0.15) is 5.69 Å².